The molecule has 2 rings (SSSR count). The lowest BCUT2D eigenvalue weighted by Gasteiger charge is -2.15. The highest BCUT2D eigenvalue weighted by Gasteiger charge is 2.24. The number of hydrogen-bond acceptors (Lipinski definition) is 6. The number of alkyl carbamates (subject to hydrolysis) is 1. The number of ether oxygens (including phenoxy) is 2. The van der Waals surface area contributed by atoms with Crippen molar-refractivity contribution in [1.82, 2.24) is 14.9 Å². The van der Waals surface area contributed by atoms with E-state index in [1.54, 1.807) is 0 Å². The van der Waals surface area contributed by atoms with Crippen molar-refractivity contribution in [3.05, 3.63) is 54.1 Å². The van der Waals surface area contributed by atoms with Gasteiger partial charge >= 0.3 is 12.1 Å². The van der Waals surface area contributed by atoms with Crippen molar-refractivity contribution in [2.24, 2.45) is 0 Å². The highest BCUT2D eigenvalue weighted by atomic mass is 16.6. The third-order valence-electron chi connectivity index (χ3n) is 3.40. The molecule has 25 heavy (non-hydrogen) atoms. The number of esters is 1. The second kappa shape index (κ2) is 8.62. The predicted molar refractivity (Wildman–Crippen MR) is 87.8 cm³/mol. The molecule has 0 aliphatic carbocycles. The third-order valence-corrected chi connectivity index (χ3v) is 3.40. The van der Waals surface area contributed by atoms with Crippen LogP contribution in [-0.2, 0) is 27.3 Å². The quantitative estimate of drug-likeness (QED) is 0.798. The summed E-state index contributed by atoms with van der Waals surface area (Å²) in [6.07, 6.45) is 2.17. The van der Waals surface area contributed by atoms with Crippen LogP contribution in [0.4, 0.5) is 4.79 Å². The average Bonchev–Trinajstić information content (AvgIpc) is 3.08. The van der Waals surface area contributed by atoms with Crippen LogP contribution in [0, 0.1) is 0 Å². The standard InChI is InChI=1S/C17H19N3O5/c1-12(21)20-9-14(18-11-20)8-15(16(22)24-2)19-17(23)25-10-13-6-4-3-5-7-13/h3-7,9,11,15H,8,10H2,1-2H3,(H,19,23). The van der Waals surface area contributed by atoms with E-state index in [0.717, 1.165) is 5.56 Å². The van der Waals surface area contributed by atoms with E-state index in [2.05, 4.69) is 10.3 Å². The molecule has 0 saturated carbocycles. The third kappa shape index (κ3) is 5.45. The summed E-state index contributed by atoms with van der Waals surface area (Å²) in [6.45, 7) is 1.47. The predicted octanol–water partition coefficient (Wildman–Crippen LogP) is 1.55. The zero-order valence-corrected chi connectivity index (χ0v) is 14.0. The van der Waals surface area contributed by atoms with Crippen molar-refractivity contribution in [2.75, 3.05) is 7.11 Å². The van der Waals surface area contributed by atoms with Crippen LogP contribution in [-0.4, -0.2) is 40.7 Å². The molecule has 0 radical (unpaired) electrons. The molecule has 1 aromatic carbocycles. The molecule has 0 saturated heterocycles. The van der Waals surface area contributed by atoms with Gasteiger partial charge in [0.1, 0.15) is 19.0 Å². The van der Waals surface area contributed by atoms with Gasteiger partial charge in [-0.05, 0) is 5.56 Å². The van der Waals surface area contributed by atoms with E-state index in [9.17, 15) is 14.4 Å². The summed E-state index contributed by atoms with van der Waals surface area (Å²) >= 11 is 0. The van der Waals surface area contributed by atoms with Crippen LogP contribution in [0.2, 0.25) is 0 Å². The zero-order valence-electron chi connectivity index (χ0n) is 14.0. The molecule has 0 spiro atoms. The lowest BCUT2D eigenvalue weighted by Crippen LogP contribution is -2.43. The summed E-state index contributed by atoms with van der Waals surface area (Å²) in [5.74, 6) is -0.836. The minimum Gasteiger partial charge on any atom is -0.467 e. The number of amides is 1. The molecule has 0 aliphatic rings. The number of carbonyl (C=O) groups is 3. The Bertz CT molecular complexity index is 742. The lowest BCUT2D eigenvalue weighted by atomic mass is 10.1. The number of benzene rings is 1. The Morgan fingerprint density at radius 1 is 1.24 bits per heavy atom. The van der Waals surface area contributed by atoms with Crippen molar-refractivity contribution < 1.29 is 23.9 Å². The monoisotopic (exact) mass is 345 g/mol. The molecule has 132 valence electrons. The van der Waals surface area contributed by atoms with E-state index in [1.165, 1.54) is 31.1 Å². The first-order valence-corrected chi connectivity index (χ1v) is 7.58. The van der Waals surface area contributed by atoms with Crippen LogP contribution >= 0.6 is 0 Å². The van der Waals surface area contributed by atoms with Gasteiger partial charge in [-0.25, -0.2) is 14.6 Å². The maximum absolute atomic E-state index is 11.9. The van der Waals surface area contributed by atoms with Crippen molar-refractivity contribution in [3.63, 3.8) is 0 Å². The molecule has 0 bridgehead atoms. The molecule has 8 heteroatoms. The molecular formula is C17H19N3O5. The summed E-state index contributed by atoms with van der Waals surface area (Å²) in [7, 11) is 1.22. The Balaban J connectivity index is 1.95. The van der Waals surface area contributed by atoms with Crippen LogP contribution in [0.5, 0.6) is 0 Å². The second-order valence-corrected chi connectivity index (χ2v) is 5.28. The number of methoxy groups -OCH3 is 1. The first kappa shape index (κ1) is 18.2. The fraction of sp³-hybridized carbons (Fsp3) is 0.294. The maximum Gasteiger partial charge on any atom is 0.408 e. The number of aromatic nitrogens is 2. The number of imidazole rings is 1. The molecule has 1 amide bonds. The fourth-order valence-electron chi connectivity index (χ4n) is 2.09. The van der Waals surface area contributed by atoms with Crippen molar-refractivity contribution in [1.29, 1.82) is 0 Å². The molecule has 1 N–H and O–H groups in total. The number of carbonyl (C=O) groups excluding carboxylic acids is 3. The average molecular weight is 345 g/mol. The highest BCUT2D eigenvalue weighted by molar-refractivity contribution is 5.81. The minimum absolute atomic E-state index is 0.0768. The van der Waals surface area contributed by atoms with E-state index in [0.29, 0.717) is 5.69 Å². The maximum atomic E-state index is 11.9. The van der Waals surface area contributed by atoms with Crippen LogP contribution in [0.15, 0.2) is 42.9 Å². The summed E-state index contributed by atoms with van der Waals surface area (Å²) in [4.78, 5) is 39.1. The Morgan fingerprint density at radius 3 is 2.56 bits per heavy atom. The Morgan fingerprint density at radius 2 is 1.96 bits per heavy atom. The number of nitrogens with zero attached hydrogens (tertiary/aromatic N) is 2. The number of rotatable bonds is 6. The van der Waals surface area contributed by atoms with Gasteiger partial charge in [0.25, 0.3) is 0 Å². The van der Waals surface area contributed by atoms with Gasteiger partial charge in [-0.1, -0.05) is 30.3 Å². The SMILES string of the molecule is COC(=O)C(Cc1cn(C(C)=O)cn1)NC(=O)OCc1ccccc1. The van der Waals surface area contributed by atoms with E-state index in [4.69, 9.17) is 9.47 Å². The van der Waals surface area contributed by atoms with Crippen LogP contribution < -0.4 is 5.32 Å². The first-order valence-electron chi connectivity index (χ1n) is 7.58. The normalized spacial score (nSPS) is 11.4. The van der Waals surface area contributed by atoms with Gasteiger partial charge < -0.3 is 14.8 Å². The number of hydrogen-bond donors (Lipinski definition) is 1. The van der Waals surface area contributed by atoms with Crippen molar-refractivity contribution in [2.45, 2.75) is 26.0 Å². The lowest BCUT2D eigenvalue weighted by molar-refractivity contribution is -0.143. The van der Waals surface area contributed by atoms with Crippen LogP contribution in [0.3, 0.4) is 0 Å². The van der Waals surface area contributed by atoms with Crippen molar-refractivity contribution >= 4 is 18.0 Å². The van der Waals surface area contributed by atoms with Gasteiger partial charge in [0.2, 0.25) is 5.91 Å². The second-order valence-electron chi connectivity index (χ2n) is 5.28. The van der Waals surface area contributed by atoms with E-state index >= 15 is 0 Å². The van der Waals surface area contributed by atoms with E-state index in [-0.39, 0.29) is 18.9 Å². The van der Waals surface area contributed by atoms with E-state index < -0.39 is 18.1 Å². The Hall–Kier alpha value is -3.16. The minimum atomic E-state index is -0.969. The summed E-state index contributed by atoms with van der Waals surface area (Å²) < 4.78 is 11.1. The van der Waals surface area contributed by atoms with Crippen molar-refractivity contribution in [3.8, 4) is 0 Å². The molecule has 2 aromatic rings. The topological polar surface area (TPSA) is 99.5 Å². The molecule has 1 unspecified atom stereocenters. The Kier molecular flexibility index (Phi) is 6.27. The van der Waals surface area contributed by atoms with Gasteiger partial charge in [-0.2, -0.15) is 0 Å². The van der Waals surface area contributed by atoms with Gasteiger partial charge in [-0.3, -0.25) is 9.36 Å². The molecule has 1 atom stereocenters. The molecule has 0 fully saturated rings. The number of nitrogens with one attached hydrogen (secondary N) is 1. The van der Waals surface area contributed by atoms with Crippen LogP contribution in [0.1, 0.15) is 23.0 Å². The molecule has 1 heterocycles. The highest BCUT2D eigenvalue weighted by Crippen LogP contribution is 2.05. The molecule has 0 aliphatic heterocycles. The smallest absolute Gasteiger partial charge is 0.408 e. The van der Waals surface area contributed by atoms with Gasteiger partial charge in [0.05, 0.1) is 12.8 Å². The summed E-state index contributed by atoms with van der Waals surface area (Å²) in [5, 5.41) is 2.46. The largest absolute Gasteiger partial charge is 0.467 e. The Labute approximate surface area is 144 Å². The van der Waals surface area contributed by atoms with Gasteiger partial charge in [0.15, 0.2) is 0 Å². The van der Waals surface area contributed by atoms with E-state index in [1.807, 2.05) is 30.3 Å². The van der Waals surface area contributed by atoms with Gasteiger partial charge in [0, 0.05) is 19.5 Å². The molecule has 8 nitrogen and oxygen atoms in total. The van der Waals surface area contributed by atoms with Crippen LogP contribution in [0.25, 0.3) is 0 Å². The summed E-state index contributed by atoms with van der Waals surface area (Å²) in [5.41, 5.74) is 1.29. The zero-order chi connectivity index (χ0) is 18.2. The molecular weight excluding hydrogens is 326 g/mol. The fourth-order valence-corrected chi connectivity index (χ4v) is 2.09. The van der Waals surface area contributed by atoms with Gasteiger partial charge in [-0.15, -0.1) is 0 Å². The summed E-state index contributed by atoms with van der Waals surface area (Å²) in [6, 6.07) is 8.19. The molecule has 1 aromatic heterocycles. The first-order chi connectivity index (χ1) is 12.0.